The Balaban J connectivity index is 2.28. The number of hydrogen-bond donors (Lipinski definition) is 2. The van der Waals surface area contributed by atoms with Crippen LogP contribution >= 0.6 is 0 Å². The molecule has 1 saturated heterocycles. The van der Waals surface area contributed by atoms with Gasteiger partial charge in [0.25, 0.3) is 0 Å². The van der Waals surface area contributed by atoms with E-state index in [-0.39, 0.29) is 31.3 Å². The summed E-state index contributed by atoms with van der Waals surface area (Å²) in [5, 5.41) is 10.9. The smallest absolute Gasteiger partial charge is 0.305 e. The van der Waals surface area contributed by atoms with Crippen molar-refractivity contribution in [3.8, 4) is 0 Å². The van der Waals surface area contributed by atoms with Gasteiger partial charge in [0.2, 0.25) is 11.8 Å². The highest BCUT2D eigenvalue weighted by molar-refractivity contribution is 5.85. The Hall–Kier alpha value is -1.59. The summed E-state index contributed by atoms with van der Waals surface area (Å²) >= 11 is 0. The second-order valence-corrected chi connectivity index (χ2v) is 4.12. The lowest BCUT2D eigenvalue weighted by molar-refractivity contribution is -0.138. The van der Waals surface area contributed by atoms with Gasteiger partial charge in [0, 0.05) is 19.5 Å². The van der Waals surface area contributed by atoms with Gasteiger partial charge in [-0.3, -0.25) is 14.4 Å². The monoisotopic (exact) mass is 242 g/mol. The van der Waals surface area contributed by atoms with Crippen LogP contribution < -0.4 is 5.32 Å². The van der Waals surface area contributed by atoms with Crippen molar-refractivity contribution in [1.82, 2.24) is 10.2 Å². The molecule has 1 aliphatic rings. The topological polar surface area (TPSA) is 86.7 Å². The maximum absolute atomic E-state index is 11.6. The molecule has 6 nitrogen and oxygen atoms in total. The summed E-state index contributed by atoms with van der Waals surface area (Å²) in [7, 11) is 0. The molecule has 0 aromatic heterocycles. The van der Waals surface area contributed by atoms with Gasteiger partial charge in [-0.2, -0.15) is 0 Å². The zero-order valence-corrected chi connectivity index (χ0v) is 9.78. The molecule has 17 heavy (non-hydrogen) atoms. The van der Waals surface area contributed by atoms with Gasteiger partial charge < -0.3 is 15.3 Å². The molecule has 2 amide bonds. The molecular weight excluding hydrogens is 224 g/mol. The maximum atomic E-state index is 11.6. The SMILES string of the molecule is O=C(O)CCNC(=O)CN1CCCCCC1=O. The zero-order valence-electron chi connectivity index (χ0n) is 9.78. The van der Waals surface area contributed by atoms with Gasteiger partial charge in [0.05, 0.1) is 13.0 Å². The van der Waals surface area contributed by atoms with E-state index in [2.05, 4.69) is 5.32 Å². The minimum absolute atomic E-state index is 0.0101. The predicted octanol–water partition coefficient (Wildman–Crippen LogP) is -0.0201. The fourth-order valence-corrected chi connectivity index (χ4v) is 1.74. The summed E-state index contributed by atoms with van der Waals surface area (Å²) in [6, 6.07) is 0. The van der Waals surface area contributed by atoms with Crippen LogP contribution in [0.3, 0.4) is 0 Å². The number of carbonyl (C=O) groups excluding carboxylic acids is 2. The lowest BCUT2D eigenvalue weighted by Crippen LogP contribution is -2.40. The first-order chi connectivity index (χ1) is 8.09. The van der Waals surface area contributed by atoms with Gasteiger partial charge in [0.15, 0.2) is 0 Å². The number of rotatable bonds is 5. The van der Waals surface area contributed by atoms with Crippen LogP contribution in [0.15, 0.2) is 0 Å². The van der Waals surface area contributed by atoms with Crippen molar-refractivity contribution >= 4 is 17.8 Å². The number of carboxylic acid groups (broad SMARTS) is 1. The maximum Gasteiger partial charge on any atom is 0.305 e. The van der Waals surface area contributed by atoms with Crippen molar-refractivity contribution in [2.75, 3.05) is 19.6 Å². The first kappa shape index (κ1) is 13.5. The molecule has 0 atom stereocenters. The average molecular weight is 242 g/mol. The van der Waals surface area contributed by atoms with E-state index in [1.54, 1.807) is 4.90 Å². The molecule has 1 heterocycles. The van der Waals surface area contributed by atoms with E-state index in [1.807, 2.05) is 0 Å². The van der Waals surface area contributed by atoms with E-state index in [4.69, 9.17) is 5.11 Å². The van der Waals surface area contributed by atoms with E-state index in [9.17, 15) is 14.4 Å². The van der Waals surface area contributed by atoms with E-state index in [0.717, 1.165) is 19.3 Å². The van der Waals surface area contributed by atoms with Crippen LogP contribution in [-0.4, -0.2) is 47.4 Å². The zero-order chi connectivity index (χ0) is 12.7. The van der Waals surface area contributed by atoms with Gasteiger partial charge in [0.1, 0.15) is 0 Å². The van der Waals surface area contributed by atoms with Crippen molar-refractivity contribution in [1.29, 1.82) is 0 Å². The standard InChI is InChI=1S/C11H18N2O4/c14-9(12-6-5-11(16)17)8-13-7-3-1-2-4-10(13)15/h1-8H2,(H,12,14)(H,16,17). The molecule has 0 aromatic rings. The quantitative estimate of drug-likeness (QED) is 0.709. The van der Waals surface area contributed by atoms with Crippen LogP contribution in [0.25, 0.3) is 0 Å². The number of carbonyl (C=O) groups is 3. The van der Waals surface area contributed by atoms with Crippen LogP contribution in [0, 0.1) is 0 Å². The third kappa shape index (κ3) is 5.33. The molecule has 1 rings (SSSR count). The molecule has 0 aromatic carbocycles. The Bertz CT molecular complexity index is 304. The largest absolute Gasteiger partial charge is 0.481 e. The number of carboxylic acids is 1. The molecule has 0 unspecified atom stereocenters. The summed E-state index contributed by atoms with van der Waals surface area (Å²) in [6.07, 6.45) is 3.23. The fraction of sp³-hybridized carbons (Fsp3) is 0.727. The van der Waals surface area contributed by atoms with Crippen LogP contribution in [0.4, 0.5) is 0 Å². The van der Waals surface area contributed by atoms with Crippen molar-refractivity contribution in [3.05, 3.63) is 0 Å². The fourth-order valence-electron chi connectivity index (χ4n) is 1.74. The van der Waals surface area contributed by atoms with Crippen molar-refractivity contribution in [2.24, 2.45) is 0 Å². The highest BCUT2D eigenvalue weighted by Crippen LogP contribution is 2.10. The Labute approximate surface area is 100.0 Å². The van der Waals surface area contributed by atoms with Crippen LogP contribution in [-0.2, 0) is 14.4 Å². The Morgan fingerprint density at radius 2 is 2.06 bits per heavy atom. The third-order valence-corrected chi connectivity index (χ3v) is 2.67. The molecule has 96 valence electrons. The van der Waals surface area contributed by atoms with Crippen LogP contribution in [0.2, 0.25) is 0 Å². The summed E-state index contributed by atoms with van der Waals surface area (Å²) < 4.78 is 0. The Kier molecular flexibility index (Phi) is 5.45. The highest BCUT2D eigenvalue weighted by atomic mass is 16.4. The molecule has 0 spiro atoms. The third-order valence-electron chi connectivity index (χ3n) is 2.67. The van der Waals surface area contributed by atoms with Crippen molar-refractivity contribution in [3.63, 3.8) is 0 Å². The Morgan fingerprint density at radius 1 is 1.29 bits per heavy atom. The number of hydrogen-bond acceptors (Lipinski definition) is 3. The molecule has 0 radical (unpaired) electrons. The van der Waals surface area contributed by atoms with Gasteiger partial charge in [-0.1, -0.05) is 6.42 Å². The molecule has 2 N–H and O–H groups in total. The van der Waals surface area contributed by atoms with Gasteiger partial charge in [-0.05, 0) is 12.8 Å². The Morgan fingerprint density at radius 3 is 2.76 bits per heavy atom. The molecule has 1 aliphatic heterocycles. The minimum atomic E-state index is -0.948. The van der Waals surface area contributed by atoms with Gasteiger partial charge in [-0.25, -0.2) is 0 Å². The van der Waals surface area contributed by atoms with Gasteiger partial charge >= 0.3 is 5.97 Å². The molecule has 0 saturated carbocycles. The van der Waals surface area contributed by atoms with E-state index < -0.39 is 5.97 Å². The normalized spacial score (nSPS) is 16.5. The number of nitrogens with one attached hydrogen (secondary N) is 1. The summed E-state index contributed by atoms with van der Waals surface area (Å²) in [4.78, 5) is 34.8. The predicted molar refractivity (Wildman–Crippen MR) is 60.3 cm³/mol. The minimum Gasteiger partial charge on any atom is -0.481 e. The summed E-state index contributed by atoms with van der Waals surface area (Å²) in [6.45, 7) is 0.764. The summed E-state index contributed by atoms with van der Waals surface area (Å²) in [5.74, 6) is -1.23. The molecular formula is C11H18N2O4. The highest BCUT2D eigenvalue weighted by Gasteiger charge is 2.18. The number of aliphatic carboxylic acids is 1. The van der Waals surface area contributed by atoms with E-state index in [0.29, 0.717) is 13.0 Å². The molecule has 6 heteroatoms. The number of nitrogens with zero attached hydrogens (tertiary/aromatic N) is 1. The second-order valence-electron chi connectivity index (χ2n) is 4.12. The van der Waals surface area contributed by atoms with Crippen molar-refractivity contribution in [2.45, 2.75) is 32.1 Å². The van der Waals surface area contributed by atoms with Gasteiger partial charge in [-0.15, -0.1) is 0 Å². The second kappa shape index (κ2) is 6.88. The number of amides is 2. The first-order valence-corrected chi connectivity index (χ1v) is 5.86. The van der Waals surface area contributed by atoms with E-state index in [1.165, 1.54) is 0 Å². The van der Waals surface area contributed by atoms with Crippen molar-refractivity contribution < 1.29 is 19.5 Å². The summed E-state index contributed by atoms with van der Waals surface area (Å²) in [5.41, 5.74) is 0. The lowest BCUT2D eigenvalue weighted by atomic mass is 10.2. The number of likely N-dealkylation sites (tertiary alicyclic amines) is 1. The molecule has 0 bridgehead atoms. The van der Waals surface area contributed by atoms with Crippen LogP contribution in [0.5, 0.6) is 0 Å². The average Bonchev–Trinajstić information content (AvgIpc) is 2.44. The van der Waals surface area contributed by atoms with E-state index >= 15 is 0 Å². The lowest BCUT2D eigenvalue weighted by Gasteiger charge is -2.19. The van der Waals surface area contributed by atoms with Crippen LogP contribution in [0.1, 0.15) is 32.1 Å². The molecule has 1 fully saturated rings. The first-order valence-electron chi connectivity index (χ1n) is 5.86. The molecule has 0 aliphatic carbocycles.